The zero-order valence-electron chi connectivity index (χ0n) is 18.5. The number of thiophene rings is 1. The average Bonchev–Trinajstić information content (AvgIpc) is 3.48. The van der Waals surface area contributed by atoms with Gasteiger partial charge in [-0.2, -0.15) is 4.31 Å². The Bertz CT molecular complexity index is 1220. The summed E-state index contributed by atoms with van der Waals surface area (Å²) in [6.07, 6.45) is 0. The average molecular weight is 487 g/mol. The zero-order valence-corrected chi connectivity index (χ0v) is 20.2. The molecule has 1 aliphatic heterocycles. The summed E-state index contributed by atoms with van der Waals surface area (Å²) in [6, 6.07) is 14.6. The molecular weight excluding hydrogens is 460 g/mol. The summed E-state index contributed by atoms with van der Waals surface area (Å²) in [5.74, 6) is -0.554. The Morgan fingerprint density at radius 3 is 2.15 bits per heavy atom. The first kappa shape index (κ1) is 23.2. The highest BCUT2D eigenvalue weighted by Gasteiger charge is 2.30. The molecule has 4 rings (SSSR count). The van der Waals surface area contributed by atoms with E-state index in [1.807, 2.05) is 38.1 Å². The fourth-order valence-corrected chi connectivity index (χ4v) is 6.49. The molecule has 1 aromatic carbocycles. The van der Waals surface area contributed by atoms with Gasteiger partial charge in [-0.25, -0.2) is 8.42 Å². The van der Waals surface area contributed by atoms with Crippen molar-refractivity contribution in [2.75, 3.05) is 32.7 Å². The molecule has 0 bridgehead atoms. The molecule has 10 heteroatoms. The maximum absolute atomic E-state index is 12.6. The molecule has 0 spiro atoms. The maximum Gasteiger partial charge on any atom is 0.252 e. The maximum atomic E-state index is 12.6. The molecule has 1 aliphatic rings. The van der Waals surface area contributed by atoms with Crippen molar-refractivity contribution in [3.63, 3.8) is 0 Å². The predicted molar refractivity (Wildman–Crippen MR) is 127 cm³/mol. The van der Waals surface area contributed by atoms with Crippen LogP contribution in [0.15, 0.2) is 58.1 Å². The molecule has 8 nitrogen and oxygen atoms in total. The largest absolute Gasteiger partial charge is 0.343 e. The van der Waals surface area contributed by atoms with E-state index < -0.39 is 10.0 Å². The fourth-order valence-electron chi connectivity index (χ4n) is 3.92. The third-order valence-corrected chi connectivity index (χ3v) is 9.01. The van der Waals surface area contributed by atoms with Gasteiger partial charge >= 0.3 is 0 Å². The smallest absolute Gasteiger partial charge is 0.252 e. The van der Waals surface area contributed by atoms with E-state index in [9.17, 15) is 18.0 Å². The molecule has 3 heterocycles. The van der Waals surface area contributed by atoms with E-state index in [1.54, 1.807) is 34.5 Å². The highest BCUT2D eigenvalue weighted by atomic mass is 32.2. The van der Waals surface area contributed by atoms with Crippen LogP contribution in [0.1, 0.15) is 21.7 Å². The monoisotopic (exact) mass is 486 g/mol. The Kier molecular flexibility index (Phi) is 6.68. The van der Waals surface area contributed by atoms with Gasteiger partial charge in [0.2, 0.25) is 5.91 Å². The van der Waals surface area contributed by atoms with E-state index in [0.29, 0.717) is 22.9 Å². The third kappa shape index (κ3) is 4.87. The van der Waals surface area contributed by atoms with E-state index >= 15 is 0 Å². The Balaban J connectivity index is 1.29. The van der Waals surface area contributed by atoms with Crippen LogP contribution < -0.4 is 5.32 Å². The number of piperazine rings is 1. The molecule has 0 atom stereocenters. The number of nitrogens with zero attached hydrogens (tertiary/aromatic N) is 3. The lowest BCUT2D eigenvalue weighted by Gasteiger charge is -2.33. The molecule has 3 aromatic rings. The predicted octanol–water partition coefficient (Wildman–Crippen LogP) is 2.42. The van der Waals surface area contributed by atoms with Crippen LogP contribution in [0.25, 0.3) is 5.69 Å². The van der Waals surface area contributed by atoms with Crippen LogP contribution in [-0.4, -0.2) is 66.7 Å². The first-order valence-corrected chi connectivity index (χ1v) is 12.9. The summed E-state index contributed by atoms with van der Waals surface area (Å²) in [5.41, 5.74) is 3.66. The van der Waals surface area contributed by atoms with Gasteiger partial charge in [-0.1, -0.05) is 6.07 Å². The van der Waals surface area contributed by atoms with Crippen molar-refractivity contribution in [1.29, 1.82) is 0 Å². The van der Waals surface area contributed by atoms with Crippen molar-refractivity contribution in [3.05, 3.63) is 70.9 Å². The molecule has 1 N–H and O–H groups in total. The van der Waals surface area contributed by atoms with Gasteiger partial charge in [0.05, 0.1) is 6.54 Å². The van der Waals surface area contributed by atoms with Crippen LogP contribution in [0.5, 0.6) is 0 Å². The number of carbonyl (C=O) groups excluding carboxylic acids is 2. The summed E-state index contributed by atoms with van der Waals surface area (Å²) in [7, 11) is -3.51. The van der Waals surface area contributed by atoms with Crippen LogP contribution in [0.4, 0.5) is 0 Å². The standard InChI is InChI=1S/C23H26N4O4S2/c1-17-5-6-18(2)27(17)20-9-7-19(8-10-20)23(29)24-16-21(28)25-11-13-26(14-12-25)33(30,31)22-4-3-15-32-22/h3-10,15H,11-14,16H2,1-2H3,(H,24,29). The van der Waals surface area contributed by atoms with Gasteiger partial charge in [0.1, 0.15) is 4.21 Å². The molecular formula is C23H26N4O4S2. The first-order valence-electron chi connectivity index (χ1n) is 10.6. The lowest BCUT2D eigenvalue weighted by Crippen LogP contribution is -2.52. The SMILES string of the molecule is Cc1ccc(C)n1-c1ccc(C(=O)NCC(=O)N2CCN(S(=O)(=O)c3cccs3)CC2)cc1. The number of hydrogen-bond donors (Lipinski definition) is 1. The van der Waals surface area contributed by atoms with Gasteiger partial charge in [-0.15, -0.1) is 11.3 Å². The van der Waals surface area contributed by atoms with Crippen molar-refractivity contribution >= 4 is 33.2 Å². The lowest BCUT2D eigenvalue weighted by atomic mass is 10.2. The van der Waals surface area contributed by atoms with Crippen molar-refractivity contribution < 1.29 is 18.0 Å². The topological polar surface area (TPSA) is 91.7 Å². The summed E-state index contributed by atoms with van der Waals surface area (Å²) < 4.78 is 29.0. The first-order chi connectivity index (χ1) is 15.8. The summed E-state index contributed by atoms with van der Waals surface area (Å²) >= 11 is 1.18. The second kappa shape index (κ2) is 9.50. The molecule has 0 saturated carbocycles. The number of aryl methyl sites for hydroxylation is 2. The summed E-state index contributed by atoms with van der Waals surface area (Å²) in [6.45, 7) is 4.98. The minimum atomic E-state index is -3.51. The van der Waals surface area contributed by atoms with Gasteiger partial charge in [0.15, 0.2) is 0 Å². The van der Waals surface area contributed by atoms with Crippen LogP contribution in [0.3, 0.4) is 0 Å². The lowest BCUT2D eigenvalue weighted by molar-refractivity contribution is -0.131. The van der Waals surface area contributed by atoms with Gasteiger partial charge in [0.25, 0.3) is 15.9 Å². The quantitative estimate of drug-likeness (QED) is 0.579. The minimum absolute atomic E-state index is 0.131. The zero-order chi connectivity index (χ0) is 23.6. The Hall–Kier alpha value is -2.95. The second-order valence-corrected chi connectivity index (χ2v) is 11.0. The number of sulfonamides is 1. The number of benzene rings is 1. The number of nitrogens with one attached hydrogen (secondary N) is 1. The Morgan fingerprint density at radius 1 is 0.939 bits per heavy atom. The highest BCUT2D eigenvalue weighted by Crippen LogP contribution is 2.22. The molecule has 1 saturated heterocycles. The van der Waals surface area contributed by atoms with Crippen molar-refractivity contribution in [2.24, 2.45) is 0 Å². The van der Waals surface area contributed by atoms with Crippen molar-refractivity contribution in [1.82, 2.24) is 19.1 Å². The number of amides is 2. The number of hydrogen-bond acceptors (Lipinski definition) is 5. The van der Waals surface area contributed by atoms with Gasteiger partial charge in [-0.05, 0) is 61.7 Å². The highest BCUT2D eigenvalue weighted by molar-refractivity contribution is 7.91. The van der Waals surface area contributed by atoms with Gasteiger partial charge in [-0.3, -0.25) is 9.59 Å². The summed E-state index contributed by atoms with van der Waals surface area (Å²) in [5, 5.41) is 4.40. The van der Waals surface area contributed by atoms with Crippen LogP contribution in [0.2, 0.25) is 0 Å². The van der Waals surface area contributed by atoms with E-state index in [-0.39, 0.29) is 31.4 Å². The third-order valence-electron chi connectivity index (χ3n) is 5.74. The number of carbonyl (C=O) groups is 2. The normalized spacial score (nSPS) is 14.9. The fraction of sp³-hybridized carbons (Fsp3) is 0.304. The number of rotatable bonds is 6. The van der Waals surface area contributed by atoms with Crippen LogP contribution in [-0.2, 0) is 14.8 Å². The second-order valence-electron chi connectivity index (χ2n) is 7.90. The molecule has 174 valence electrons. The van der Waals surface area contributed by atoms with Gasteiger partial charge in [0, 0.05) is 48.8 Å². The molecule has 0 aliphatic carbocycles. The molecule has 0 unspecified atom stereocenters. The molecule has 0 radical (unpaired) electrons. The summed E-state index contributed by atoms with van der Waals surface area (Å²) in [4.78, 5) is 26.6. The van der Waals surface area contributed by atoms with Crippen molar-refractivity contribution in [2.45, 2.75) is 18.1 Å². The van der Waals surface area contributed by atoms with Gasteiger partial charge < -0.3 is 14.8 Å². The van der Waals surface area contributed by atoms with E-state index in [4.69, 9.17) is 0 Å². The molecule has 1 fully saturated rings. The molecule has 2 aromatic heterocycles. The minimum Gasteiger partial charge on any atom is -0.343 e. The number of aromatic nitrogens is 1. The molecule has 33 heavy (non-hydrogen) atoms. The van der Waals surface area contributed by atoms with Crippen LogP contribution in [0, 0.1) is 13.8 Å². The van der Waals surface area contributed by atoms with Crippen LogP contribution >= 0.6 is 11.3 Å². The van der Waals surface area contributed by atoms with E-state index in [1.165, 1.54) is 15.6 Å². The molecule has 2 amide bonds. The van der Waals surface area contributed by atoms with E-state index in [0.717, 1.165) is 17.1 Å². The van der Waals surface area contributed by atoms with Crippen molar-refractivity contribution in [3.8, 4) is 5.69 Å². The Labute approximate surface area is 197 Å². The van der Waals surface area contributed by atoms with E-state index in [2.05, 4.69) is 9.88 Å². The Morgan fingerprint density at radius 2 is 1.58 bits per heavy atom.